The zero-order valence-electron chi connectivity index (χ0n) is 11.9. The average molecular weight is 279 g/mol. The topological polar surface area (TPSA) is 46.9 Å². The minimum atomic E-state index is 0.107. The Hall–Kier alpha value is -2.46. The molecule has 1 aromatic carbocycles. The van der Waals surface area contributed by atoms with Gasteiger partial charge in [0, 0.05) is 48.6 Å². The standard InChI is InChI=1S/C17H17N3O/c1-20-12-15(14-6-2-3-7-16(14)20)17(21)11-19-10-13-5-4-8-18-9-13/h2-9,12,19H,10-11H2,1H3. The van der Waals surface area contributed by atoms with Crippen molar-refractivity contribution in [3.8, 4) is 0 Å². The van der Waals surface area contributed by atoms with E-state index in [0.717, 1.165) is 22.0 Å². The molecule has 0 saturated heterocycles. The number of para-hydroxylation sites is 1. The van der Waals surface area contributed by atoms with Gasteiger partial charge in [0.25, 0.3) is 0 Å². The lowest BCUT2D eigenvalue weighted by molar-refractivity contribution is 0.0992. The maximum Gasteiger partial charge on any atom is 0.178 e. The van der Waals surface area contributed by atoms with Crippen LogP contribution in [0.25, 0.3) is 10.9 Å². The summed E-state index contributed by atoms with van der Waals surface area (Å²) in [4.78, 5) is 16.4. The molecule has 2 aromatic heterocycles. The fourth-order valence-electron chi connectivity index (χ4n) is 2.48. The van der Waals surface area contributed by atoms with E-state index in [1.165, 1.54) is 0 Å². The second-order valence-electron chi connectivity index (χ2n) is 5.06. The number of rotatable bonds is 5. The van der Waals surface area contributed by atoms with Crippen LogP contribution in [0.15, 0.2) is 55.0 Å². The number of hydrogen-bond acceptors (Lipinski definition) is 3. The van der Waals surface area contributed by atoms with Gasteiger partial charge in [0.1, 0.15) is 0 Å². The minimum absolute atomic E-state index is 0.107. The van der Waals surface area contributed by atoms with E-state index in [1.54, 1.807) is 12.4 Å². The van der Waals surface area contributed by atoms with E-state index in [0.29, 0.717) is 13.1 Å². The first kappa shape index (κ1) is 13.5. The van der Waals surface area contributed by atoms with Crippen molar-refractivity contribution < 1.29 is 4.79 Å². The number of pyridine rings is 1. The molecule has 0 aliphatic carbocycles. The summed E-state index contributed by atoms with van der Waals surface area (Å²) < 4.78 is 1.99. The van der Waals surface area contributed by atoms with Crippen molar-refractivity contribution in [1.82, 2.24) is 14.9 Å². The average Bonchev–Trinajstić information content (AvgIpc) is 2.86. The first-order valence-electron chi connectivity index (χ1n) is 6.92. The van der Waals surface area contributed by atoms with Crippen molar-refractivity contribution in [2.75, 3.05) is 6.54 Å². The Morgan fingerprint density at radius 1 is 1.24 bits per heavy atom. The van der Waals surface area contributed by atoms with Crippen LogP contribution >= 0.6 is 0 Å². The molecule has 0 radical (unpaired) electrons. The lowest BCUT2D eigenvalue weighted by Crippen LogP contribution is -2.22. The first-order valence-corrected chi connectivity index (χ1v) is 6.92. The number of nitrogens with one attached hydrogen (secondary N) is 1. The Morgan fingerprint density at radius 3 is 2.90 bits per heavy atom. The largest absolute Gasteiger partial charge is 0.350 e. The van der Waals surface area contributed by atoms with Gasteiger partial charge in [-0.3, -0.25) is 9.78 Å². The maximum atomic E-state index is 12.4. The number of fused-ring (bicyclic) bond motifs is 1. The van der Waals surface area contributed by atoms with Crippen molar-refractivity contribution in [3.05, 3.63) is 66.1 Å². The number of Topliss-reactive ketones (excluding diaryl/α,β-unsaturated/α-hetero) is 1. The summed E-state index contributed by atoms with van der Waals surface area (Å²) >= 11 is 0. The SMILES string of the molecule is Cn1cc(C(=O)CNCc2cccnc2)c2ccccc21. The van der Waals surface area contributed by atoms with E-state index >= 15 is 0 Å². The highest BCUT2D eigenvalue weighted by atomic mass is 16.1. The zero-order chi connectivity index (χ0) is 14.7. The number of hydrogen-bond donors (Lipinski definition) is 1. The Morgan fingerprint density at radius 2 is 2.10 bits per heavy atom. The van der Waals surface area contributed by atoms with Crippen molar-refractivity contribution in [1.29, 1.82) is 0 Å². The summed E-state index contributed by atoms with van der Waals surface area (Å²) in [6.07, 6.45) is 5.44. The summed E-state index contributed by atoms with van der Waals surface area (Å²) in [7, 11) is 1.96. The quantitative estimate of drug-likeness (QED) is 0.730. The monoisotopic (exact) mass is 279 g/mol. The molecular formula is C17H17N3O. The van der Waals surface area contributed by atoms with Crippen LogP contribution in [0, 0.1) is 0 Å². The van der Waals surface area contributed by atoms with E-state index < -0.39 is 0 Å². The molecule has 0 fully saturated rings. The van der Waals surface area contributed by atoms with Crippen LogP contribution in [0.2, 0.25) is 0 Å². The van der Waals surface area contributed by atoms with E-state index in [-0.39, 0.29) is 5.78 Å². The summed E-state index contributed by atoms with van der Waals surface area (Å²) in [6.45, 7) is 0.966. The zero-order valence-corrected chi connectivity index (χ0v) is 11.9. The van der Waals surface area contributed by atoms with Crippen LogP contribution in [0.4, 0.5) is 0 Å². The third-order valence-electron chi connectivity index (χ3n) is 3.53. The molecule has 0 saturated carbocycles. The second kappa shape index (κ2) is 5.89. The number of carbonyl (C=O) groups excluding carboxylic acids is 1. The van der Waals surface area contributed by atoms with Gasteiger partial charge in [-0.15, -0.1) is 0 Å². The molecule has 0 atom stereocenters. The number of aryl methyl sites for hydroxylation is 1. The number of benzene rings is 1. The fraction of sp³-hybridized carbons (Fsp3) is 0.176. The number of aromatic nitrogens is 2. The maximum absolute atomic E-state index is 12.4. The molecule has 2 heterocycles. The lowest BCUT2D eigenvalue weighted by atomic mass is 10.1. The van der Waals surface area contributed by atoms with Crippen molar-refractivity contribution in [2.24, 2.45) is 7.05 Å². The van der Waals surface area contributed by atoms with E-state index in [1.807, 2.05) is 54.2 Å². The molecule has 4 heteroatoms. The summed E-state index contributed by atoms with van der Waals surface area (Å²) in [5.41, 5.74) is 2.92. The van der Waals surface area contributed by atoms with Gasteiger partial charge < -0.3 is 9.88 Å². The summed E-state index contributed by atoms with van der Waals surface area (Å²) in [5.74, 6) is 0.107. The van der Waals surface area contributed by atoms with Gasteiger partial charge in [-0.25, -0.2) is 0 Å². The summed E-state index contributed by atoms with van der Waals surface area (Å²) in [5, 5.41) is 4.18. The molecule has 4 nitrogen and oxygen atoms in total. The molecule has 0 bridgehead atoms. The molecule has 0 spiro atoms. The third kappa shape index (κ3) is 2.85. The van der Waals surface area contributed by atoms with Crippen LogP contribution in [0.1, 0.15) is 15.9 Å². The summed E-state index contributed by atoms with van der Waals surface area (Å²) in [6, 6.07) is 11.8. The van der Waals surface area contributed by atoms with Gasteiger partial charge in [-0.2, -0.15) is 0 Å². The van der Waals surface area contributed by atoms with E-state index in [9.17, 15) is 4.79 Å². The predicted molar refractivity (Wildman–Crippen MR) is 83.2 cm³/mol. The van der Waals surface area contributed by atoms with Crippen LogP contribution < -0.4 is 5.32 Å². The highest BCUT2D eigenvalue weighted by molar-refractivity contribution is 6.09. The Labute approximate surface area is 123 Å². The molecule has 3 aromatic rings. The molecule has 3 rings (SSSR count). The molecule has 0 unspecified atom stereocenters. The number of ketones is 1. The molecule has 106 valence electrons. The third-order valence-corrected chi connectivity index (χ3v) is 3.53. The molecule has 0 amide bonds. The normalized spacial score (nSPS) is 10.9. The predicted octanol–water partition coefficient (Wildman–Crippen LogP) is 2.55. The van der Waals surface area contributed by atoms with Crippen molar-refractivity contribution in [3.63, 3.8) is 0 Å². The number of carbonyl (C=O) groups is 1. The Bertz CT molecular complexity index is 762. The lowest BCUT2D eigenvalue weighted by Gasteiger charge is -2.03. The van der Waals surface area contributed by atoms with Gasteiger partial charge in [0.2, 0.25) is 0 Å². The fourth-order valence-corrected chi connectivity index (χ4v) is 2.48. The van der Waals surface area contributed by atoms with Crippen LogP contribution in [0.3, 0.4) is 0 Å². The Balaban J connectivity index is 1.70. The molecule has 21 heavy (non-hydrogen) atoms. The van der Waals surface area contributed by atoms with Gasteiger partial charge in [-0.1, -0.05) is 24.3 Å². The first-order chi connectivity index (χ1) is 10.3. The smallest absolute Gasteiger partial charge is 0.178 e. The van der Waals surface area contributed by atoms with Gasteiger partial charge in [0.15, 0.2) is 5.78 Å². The van der Waals surface area contributed by atoms with Crippen LogP contribution in [-0.2, 0) is 13.6 Å². The molecular weight excluding hydrogens is 262 g/mol. The van der Waals surface area contributed by atoms with Crippen molar-refractivity contribution in [2.45, 2.75) is 6.54 Å². The van der Waals surface area contributed by atoms with Crippen molar-refractivity contribution >= 4 is 16.7 Å². The number of nitrogens with zero attached hydrogens (tertiary/aromatic N) is 2. The van der Waals surface area contributed by atoms with E-state index in [4.69, 9.17) is 0 Å². The minimum Gasteiger partial charge on any atom is -0.350 e. The molecule has 0 aliphatic heterocycles. The van der Waals surface area contributed by atoms with Crippen LogP contribution in [-0.4, -0.2) is 21.9 Å². The molecule has 1 N–H and O–H groups in total. The highest BCUT2D eigenvalue weighted by Gasteiger charge is 2.12. The Kier molecular flexibility index (Phi) is 3.79. The highest BCUT2D eigenvalue weighted by Crippen LogP contribution is 2.20. The molecule has 0 aliphatic rings. The van der Waals surface area contributed by atoms with Gasteiger partial charge >= 0.3 is 0 Å². The van der Waals surface area contributed by atoms with Crippen LogP contribution in [0.5, 0.6) is 0 Å². The van der Waals surface area contributed by atoms with Gasteiger partial charge in [0.05, 0.1) is 6.54 Å². The van der Waals surface area contributed by atoms with Gasteiger partial charge in [-0.05, 0) is 17.7 Å². The van der Waals surface area contributed by atoms with E-state index in [2.05, 4.69) is 10.3 Å². The second-order valence-corrected chi connectivity index (χ2v) is 5.06.